The molecule has 0 fully saturated rings. The number of ether oxygens (including phenoxy) is 1. The monoisotopic (exact) mass is 277 g/mol. The van der Waals surface area contributed by atoms with Crippen LogP contribution in [0.2, 0.25) is 0 Å². The molecule has 0 aliphatic rings. The summed E-state index contributed by atoms with van der Waals surface area (Å²) in [5, 5.41) is 11.8. The largest absolute Gasteiger partial charge is 0.508 e. The van der Waals surface area contributed by atoms with Gasteiger partial charge in [-0.25, -0.2) is 0 Å². The highest BCUT2D eigenvalue weighted by molar-refractivity contribution is 5.94. The van der Waals surface area contributed by atoms with Crippen LogP contribution in [-0.4, -0.2) is 36.9 Å². The van der Waals surface area contributed by atoms with Gasteiger partial charge in [0.15, 0.2) is 0 Å². The van der Waals surface area contributed by atoms with E-state index >= 15 is 0 Å². The number of phenols is 1. The molecular formula is C12H14F3NO3. The summed E-state index contributed by atoms with van der Waals surface area (Å²) in [7, 11) is 0. The van der Waals surface area contributed by atoms with Gasteiger partial charge in [-0.05, 0) is 24.6 Å². The van der Waals surface area contributed by atoms with E-state index in [4.69, 9.17) is 0 Å². The number of nitrogens with one attached hydrogen (secondary N) is 1. The van der Waals surface area contributed by atoms with Crippen molar-refractivity contribution in [2.45, 2.75) is 13.1 Å². The molecule has 106 valence electrons. The van der Waals surface area contributed by atoms with E-state index in [2.05, 4.69) is 10.1 Å². The molecule has 1 amide bonds. The third-order valence-electron chi connectivity index (χ3n) is 2.27. The number of amides is 1. The Labute approximate surface area is 108 Å². The van der Waals surface area contributed by atoms with E-state index in [0.717, 1.165) is 0 Å². The molecule has 0 saturated carbocycles. The van der Waals surface area contributed by atoms with Crippen LogP contribution in [0.25, 0.3) is 0 Å². The third-order valence-corrected chi connectivity index (χ3v) is 2.27. The summed E-state index contributed by atoms with van der Waals surface area (Å²) in [5.74, 6) is -0.494. The van der Waals surface area contributed by atoms with E-state index < -0.39 is 18.7 Å². The van der Waals surface area contributed by atoms with Gasteiger partial charge in [0, 0.05) is 12.1 Å². The number of hydrogen-bond donors (Lipinski definition) is 2. The van der Waals surface area contributed by atoms with Crippen molar-refractivity contribution in [1.82, 2.24) is 5.32 Å². The second-order valence-corrected chi connectivity index (χ2v) is 3.92. The molecule has 1 rings (SSSR count). The van der Waals surface area contributed by atoms with Crippen LogP contribution < -0.4 is 5.32 Å². The van der Waals surface area contributed by atoms with Crippen LogP contribution in [0, 0.1) is 6.92 Å². The zero-order chi connectivity index (χ0) is 14.5. The van der Waals surface area contributed by atoms with Crippen LogP contribution in [-0.2, 0) is 4.74 Å². The van der Waals surface area contributed by atoms with Gasteiger partial charge in [-0.2, -0.15) is 13.2 Å². The van der Waals surface area contributed by atoms with Crippen molar-refractivity contribution in [3.63, 3.8) is 0 Å². The number of benzene rings is 1. The Hall–Kier alpha value is -1.76. The second kappa shape index (κ2) is 6.42. The predicted molar refractivity (Wildman–Crippen MR) is 62.1 cm³/mol. The summed E-state index contributed by atoms with van der Waals surface area (Å²) in [6.45, 7) is 0.0723. The Bertz CT molecular complexity index is 446. The molecular weight excluding hydrogens is 263 g/mol. The van der Waals surface area contributed by atoms with Gasteiger partial charge < -0.3 is 15.2 Å². The molecule has 2 N–H and O–H groups in total. The van der Waals surface area contributed by atoms with Crippen molar-refractivity contribution in [3.05, 3.63) is 29.3 Å². The second-order valence-electron chi connectivity index (χ2n) is 3.92. The van der Waals surface area contributed by atoms with E-state index in [9.17, 15) is 23.1 Å². The minimum atomic E-state index is -4.37. The molecule has 0 aliphatic carbocycles. The van der Waals surface area contributed by atoms with Crippen LogP contribution in [0.5, 0.6) is 5.75 Å². The summed E-state index contributed by atoms with van der Waals surface area (Å²) < 4.78 is 39.6. The number of alkyl halides is 3. The predicted octanol–water partition coefficient (Wildman–Crippen LogP) is 2.01. The summed E-state index contributed by atoms with van der Waals surface area (Å²) in [6, 6.07) is 4.38. The molecule has 0 bridgehead atoms. The highest BCUT2D eigenvalue weighted by Gasteiger charge is 2.27. The first-order valence-corrected chi connectivity index (χ1v) is 5.52. The van der Waals surface area contributed by atoms with Crippen molar-refractivity contribution in [3.8, 4) is 5.75 Å². The van der Waals surface area contributed by atoms with Crippen molar-refractivity contribution < 1.29 is 27.8 Å². The van der Waals surface area contributed by atoms with E-state index in [1.807, 2.05) is 0 Å². The maximum absolute atomic E-state index is 11.7. The molecule has 4 nitrogen and oxygen atoms in total. The first-order chi connectivity index (χ1) is 8.79. The van der Waals surface area contributed by atoms with E-state index in [1.165, 1.54) is 12.1 Å². The van der Waals surface area contributed by atoms with Crippen LogP contribution in [0.15, 0.2) is 18.2 Å². The fourth-order valence-electron chi connectivity index (χ4n) is 1.28. The van der Waals surface area contributed by atoms with Gasteiger partial charge in [0.1, 0.15) is 12.4 Å². The highest BCUT2D eigenvalue weighted by atomic mass is 19.4. The van der Waals surface area contributed by atoms with Gasteiger partial charge in [0.25, 0.3) is 5.91 Å². The smallest absolute Gasteiger partial charge is 0.411 e. The SMILES string of the molecule is Cc1ccc(C(=O)NCCOCC(F)(F)F)cc1O. The van der Waals surface area contributed by atoms with Crippen LogP contribution >= 0.6 is 0 Å². The fourth-order valence-corrected chi connectivity index (χ4v) is 1.28. The zero-order valence-electron chi connectivity index (χ0n) is 10.3. The molecule has 0 saturated heterocycles. The number of phenolic OH excluding ortho intramolecular Hbond substituents is 1. The number of aromatic hydroxyl groups is 1. The minimum absolute atomic E-state index is 0.0130. The van der Waals surface area contributed by atoms with Crippen molar-refractivity contribution in [2.75, 3.05) is 19.8 Å². The lowest BCUT2D eigenvalue weighted by Crippen LogP contribution is -2.28. The zero-order valence-corrected chi connectivity index (χ0v) is 10.3. The minimum Gasteiger partial charge on any atom is -0.508 e. The number of carbonyl (C=O) groups excluding carboxylic acids is 1. The Morgan fingerprint density at radius 1 is 1.42 bits per heavy atom. The Morgan fingerprint density at radius 3 is 2.68 bits per heavy atom. The summed E-state index contributed by atoms with van der Waals surface area (Å²) >= 11 is 0. The van der Waals surface area contributed by atoms with Crippen molar-refractivity contribution >= 4 is 5.91 Å². The normalized spacial score (nSPS) is 11.4. The lowest BCUT2D eigenvalue weighted by Gasteiger charge is -2.09. The average molecular weight is 277 g/mol. The first kappa shape index (κ1) is 15.3. The van der Waals surface area contributed by atoms with Gasteiger partial charge in [-0.3, -0.25) is 4.79 Å². The van der Waals surface area contributed by atoms with Gasteiger partial charge >= 0.3 is 6.18 Å². The maximum Gasteiger partial charge on any atom is 0.411 e. The summed E-state index contributed by atoms with van der Waals surface area (Å²) in [5.41, 5.74) is 0.865. The summed E-state index contributed by atoms with van der Waals surface area (Å²) in [6.07, 6.45) is -4.37. The highest BCUT2D eigenvalue weighted by Crippen LogP contribution is 2.17. The molecule has 7 heteroatoms. The molecule has 0 aromatic heterocycles. The summed E-state index contributed by atoms with van der Waals surface area (Å²) in [4.78, 5) is 11.6. The van der Waals surface area contributed by atoms with Crippen LogP contribution in [0.1, 0.15) is 15.9 Å². The van der Waals surface area contributed by atoms with Gasteiger partial charge in [-0.15, -0.1) is 0 Å². The average Bonchev–Trinajstić information content (AvgIpc) is 2.30. The Morgan fingerprint density at radius 2 is 2.11 bits per heavy atom. The quantitative estimate of drug-likeness (QED) is 0.809. The molecule has 19 heavy (non-hydrogen) atoms. The van der Waals surface area contributed by atoms with Crippen molar-refractivity contribution in [1.29, 1.82) is 0 Å². The topological polar surface area (TPSA) is 58.6 Å². The molecule has 0 heterocycles. The van der Waals surface area contributed by atoms with Crippen LogP contribution in [0.3, 0.4) is 0 Å². The molecule has 0 unspecified atom stereocenters. The standard InChI is InChI=1S/C12H14F3NO3/c1-8-2-3-9(6-10(8)17)11(18)16-4-5-19-7-12(13,14)15/h2-3,6,17H,4-5,7H2,1H3,(H,16,18). The van der Waals surface area contributed by atoms with Crippen LogP contribution in [0.4, 0.5) is 13.2 Å². The molecule has 1 aromatic carbocycles. The lowest BCUT2D eigenvalue weighted by molar-refractivity contribution is -0.173. The Balaban J connectivity index is 2.33. The Kier molecular flexibility index (Phi) is 5.17. The number of rotatable bonds is 5. The molecule has 1 aromatic rings. The number of aryl methyl sites for hydroxylation is 1. The lowest BCUT2D eigenvalue weighted by atomic mass is 10.1. The number of halogens is 3. The number of hydrogen-bond acceptors (Lipinski definition) is 3. The van der Waals surface area contributed by atoms with E-state index in [1.54, 1.807) is 13.0 Å². The van der Waals surface area contributed by atoms with Gasteiger partial charge in [-0.1, -0.05) is 6.07 Å². The molecule has 0 radical (unpaired) electrons. The van der Waals surface area contributed by atoms with Crippen molar-refractivity contribution in [2.24, 2.45) is 0 Å². The third kappa shape index (κ3) is 5.60. The molecule has 0 atom stereocenters. The van der Waals surface area contributed by atoms with Gasteiger partial charge in [0.05, 0.1) is 6.61 Å². The maximum atomic E-state index is 11.7. The van der Waals surface area contributed by atoms with E-state index in [-0.39, 0.29) is 24.5 Å². The molecule has 0 spiro atoms. The fraction of sp³-hybridized carbons (Fsp3) is 0.417. The van der Waals surface area contributed by atoms with Gasteiger partial charge in [0.2, 0.25) is 0 Å². The van der Waals surface area contributed by atoms with E-state index in [0.29, 0.717) is 5.56 Å². The number of carbonyl (C=O) groups is 1. The first-order valence-electron chi connectivity index (χ1n) is 5.52. The molecule has 0 aliphatic heterocycles.